The highest BCUT2D eigenvalue weighted by atomic mass is 32.2. The van der Waals surface area contributed by atoms with E-state index in [0.717, 1.165) is 12.1 Å². The Labute approximate surface area is 170 Å². The Kier molecular flexibility index (Phi) is 6.87. The molecule has 28 heavy (non-hydrogen) atoms. The summed E-state index contributed by atoms with van der Waals surface area (Å²) in [4.78, 5) is 12.3. The Morgan fingerprint density at radius 3 is 2.64 bits per heavy atom. The maximum Gasteiger partial charge on any atom is 0.230 e. The summed E-state index contributed by atoms with van der Waals surface area (Å²) < 4.78 is 1.92. The summed E-state index contributed by atoms with van der Waals surface area (Å²) >= 11 is 1.40. The zero-order valence-corrected chi connectivity index (χ0v) is 17.4. The van der Waals surface area contributed by atoms with Gasteiger partial charge in [0.25, 0.3) is 0 Å². The first-order valence-electron chi connectivity index (χ1n) is 9.50. The summed E-state index contributed by atoms with van der Waals surface area (Å²) in [5, 5.41) is 12.0. The van der Waals surface area contributed by atoms with Gasteiger partial charge in [-0.15, -0.1) is 10.2 Å². The highest BCUT2D eigenvalue weighted by Gasteiger charge is 2.13. The molecule has 1 heterocycles. The van der Waals surface area contributed by atoms with Crippen molar-refractivity contribution in [3.05, 3.63) is 71.5 Å². The monoisotopic (exact) mass is 394 g/mol. The highest BCUT2D eigenvalue weighted by Crippen LogP contribution is 2.22. The number of nitrogens with one attached hydrogen (secondary N) is 1. The summed E-state index contributed by atoms with van der Waals surface area (Å²) in [7, 11) is 0. The van der Waals surface area contributed by atoms with Crippen molar-refractivity contribution in [2.45, 2.75) is 38.3 Å². The van der Waals surface area contributed by atoms with E-state index in [1.165, 1.54) is 28.5 Å². The fraction of sp³-hybridized carbons (Fsp3) is 0.318. The van der Waals surface area contributed by atoms with Gasteiger partial charge in [0.2, 0.25) is 5.91 Å². The van der Waals surface area contributed by atoms with Crippen LogP contribution in [0.15, 0.2) is 60.0 Å². The second kappa shape index (κ2) is 9.55. The predicted octanol–water partition coefficient (Wildman–Crippen LogP) is 4.29. The molecule has 3 aromatic rings. The van der Waals surface area contributed by atoms with Crippen LogP contribution in [0, 0.1) is 13.8 Å². The number of nitrogens with zero attached hydrogens (tertiary/aromatic N) is 3. The number of carbonyl (C=O) groups excluding carboxylic acids is 1. The number of aromatic nitrogens is 3. The van der Waals surface area contributed by atoms with Gasteiger partial charge in [-0.25, -0.2) is 0 Å². The van der Waals surface area contributed by atoms with Gasteiger partial charge >= 0.3 is 0 Å². The molecule has 1 N–H and O–H groups in total. The molecule has 6 heteroatoms. The van der Waals surface area contributed by atoms with Crippen LogP contribution in [-0.2, 0) is 4.79 Å². The summed E-state index contributed by atoms with van der Waals surface area (Å²) in [5.41, 5.74) is 4.72. The lowest BCUT2D eigenvalue weighted by Gasteiger charge is -2.16. The zero-order valence-electron chi connectivity index (χ0n) is 16.6. The van der Waals surface area contributed by atoms with Crippen LogP contribution in [-0.4, -0.2) is 33.0 Å². The molecule has 146 valence electrons. The van der Waals surface area contributed by atoms with Crippen molar-refractivity contribution < 1.29 is 4.79 Å². The van der Waals surface area contributed by atoms with Gasteiger partial charge in [-0.05, 0) is 49.1 Å². The van der Waals surface area contributed by atoms with Gasteiger partial charge in [-0.2, -0.15) is 0 Å². The van der Waals surface area contributed by atoms with Crippen LogP contribution in [0.25, 0.3) is 5.69 Å². The van der Waals surface area contributed by atoms with E-state index in [0.29, 0.717) is 23.4 Å². The van der Waals surface area contributed by atoms with Crippen molar-refractivity contribution >= 4 is 17.7 Å². The summed E-state index contributed by atoms with van der Waals surface area (Å²) in [6.07, 6.45) is 2.67. The second-order valence-corrected chi connectivity index (χ2v) is 7.80. The van der Waals surface area contributed by atoms with Crippen molar-refractivity contribution in [3.8, 4) is 5.69 Å². The predicted molar refractivity (Wildman–Crippen MR) is 114 cm³/mol. The van der Waals surface area contributed by atoms with Crippen molar-refractivity contribution in [2.75, 3.05) is 12.3 Å². The number of aryl methyl sites for hydroxylation is 2. The molecule has 1 amide bonds. The number of benzene rings is 2. The fourth-order valence-corrected chi connectivity index (χ4v) is 3.78. The number of rotatable bonds is 8. The molecule has 0 fully saturated rings. The van der Waals surface area contributed by atoms with Gasteiger partial charge in [0.1, 0.15) is 6.33 Å². The second-order valence-electron chi connectivity index (χ2n) is 6.86. The molecule has 0 radical (unpaired) electrons. The Hall–Kier alpha value is -2.60. The molecule has 1 unspecified atom stereocenters. The van der Waals surface area contributed by atoms with Crippen LogP contribution in [0.3, 0.4) is 0 Å². The van der Waals surface area contributed by atoms with E-state index in [9.17, 15) is 4.79 Å². The van der Waals surface area contributed by atoms with E-state index in [1.807, 2.05) is 28.8 Å². The quantitative estimate of drug-likeness (QED) is 0.579. The maximum absolute atomic E-state index is 12.3. The Morgan fingerprint density at radius 2 is 1.93 bits per heavy atom. The van der Waals surface area contributed by atoms with Crippen molar-refractivity contribution in [1.29, 1.82) is 0 Å². The van der Waals surface area contributed by atoms with E-state index >= 15 is 0 Å². The number of amides is 1. The van der Waals surface area contributed by atoms with Gasteiger partial charge in [0.15, 0.2) is 5.16 Å². The lowest BCUT2D eigenvalue weighted by Crippen LogP contribution is -2.29. The molecule has 2 aromatic carbocycles. The number of thioether (sulfide) groups is 1. The van der Waals surface area contributed by atoms with Crippen molar-refractivity contribution in [1.82, 2.24) is 20.1 Å². The molecule has 1 aromatic heterocycles. The molecule has 0 aliphatic rings. The third kappa shape index (κ3) is 5.01. The molecule has 5 nitrogen and oxygen atoms in total. The minimum atomic E-state index is 0.00835. The molecular formula is C22H26N4OS. The van der Waals surface area contributed by atoms with Crippen LogP contribution in [0.4, 0.5) is 0 Å². The van der Waals surface area contributed by atoms with E-state index in [2.05, 4.69) is 60.6 Å². The number of hydrogen-bond donors (Lipinski definition) is 1. The molecule has 3 rings (SSSR count). The van der Waals surface area contributed by atoms with Crippen LogP contribution in [0.5, 0.6) is 0 Å². The first-order chi connectivity index (χ1) is 13.6. The van der Waals surface area contributed by atoms with Gasteiger partial charge in [-0.3, -0.25) is 9.36 Å². The van der Waals surface area contributed by atoms with Gasteiger partial charge in [-0.1, -0.05) is 55.1 Å². The Balaban J connectivity index is 1.57. The van der Waals surface area contributed by atoms with Gasteiger partial charge in [0, 0.05) is 18.2 Å². The number of hydrogen-bond acceptors (Lipinski definition) is 4. The molecule has 0 saturated heterocycles. The minimum Gasteiger partial charge on any atom is -0.355 e. The zero-order chi connectivity index (χ0) is 19.9. The lowest BCUT2D eigenvalue weighted by molar-refractivity contribution is -0.118. The van der Waals surface area contributed by atoms with E-state index in [-0.39, 0.29) is 5.91 Å². The largest absolute Gasteiger partial charge is 0.355 e. The average Bonchev–Trinajstić information content (AvgIpc) is 3.18. The minimum absolute atomic E-state index is 0.00835. The standard InChI is InChI=1S/C22H26N4OS/c1-4-18(19-8-6-5-7-9-19)13-23-21(27)14-28-22-25-24-15-26(22)20-11-10-16(2)17(3)12-20/h5-12,15,18H,4,13-14H2,1-3H3,(H,23,27). The van der Waals surface area contributed by atoms with Crippen LogP contribution in [0.1, 0.15) is 36.0 Å². The summed E-state index contributed by atoms with van der Waals surface area (Å²) in [5.74, 6) is 0.651. The first-order valence-corrected chi connectivity index (χ1v) is 10.5. The van der Waals surface area contributed by atoms with Crippen LogP contribution in [0.2, 0.25) is 0 Å². The number of carbonyl (C=O) groups is 1. The van der Waals surface area contributed by atoms with E-state index in [4.69, 9.17) is 0 Å². The van der Waals surface area contributed by atoms with Crippen LogP contribution < -0.4 is 5.32 Å². The molecule has 0 bridgehead atoms. The molecular weight excluding hydrogens is 368 g/mol. The molecule has 0 saturated carbocycles. The van der Waals surface area contributed by atoms with E-state index in [1.54, 1.807) is 6.33 Å². The maximum atomic E-state index is 12.3. The van der Waals surface area contributed by atoms with Gasteiger partial charge < -0.3 is 5.32 Å². The average molecular weight is 395 g/mol. The molecule has 1 atom stereocenters. The molecule has 0 spiro atoms. The molecule has 0 aliphatic heterocycles. The van der Waals surface area contributed by atoms with Crippen molar-refractivity contribution in [2.24, 2.45) is 0 Å². The fourth-order valence-electron chi connectivity index (χ4n) is 3.02. The Morgan fingerprint density at radius 1 is 1.14 bits per heavy atom. The topological polar surface area (TPSA) is 59.8 Å². The SMILES string of the molecule is CCC(CNC(=O)CSc1nncn1-c1ccc(C)c(C)c1)c1ccccc1. The first kappa shape index (κ1) is 20.1. The summed E-state index contributed by atoms with van der Waals surface area (Å²) in [6, 6.07) is 16.5. The third-order valence-electron chi connectivity index (χ3n) is 4.93. The van der Waals surface area contributed by atoms with Gasteiger partial charge in [0.05, 0.1) is 5.75 Å². The highest BCUT2D eigenvalue weighted by molar-refractivity contribution is 7.99. The lowest BCUT2D eigenvalue weighted by atomic mass is 9.96. The van der Waals surface area contributed by atoms with E-state index < -0.39 is 0 Å². The van der Waals surface area contributed by atoms with Crippen molar-refractivity contribution in [3.63, 3.8) is 0 Å². The third-order valence-corrected chi connectivity index (χ3v) is 5.87. The summed E-state index contributed by atoms with van der Waals surface area (Å²) in [6.45, 7) is 6.96. The Bertz CT molecular complexity index is 923. The normalized spacial score (nSPS) is 12.0. The molecule has 0 aliphatic carbocycles. The smallest absolute Gasteiger partial charge is 0.230 e. The van der Waals surface area contributed by atoms with Crippen LogP contribution >= 0.6 is 11.8 Å².